The second-order valence-electron chi connectivity index (χ2n) is 21.5. The molecular formula is C58H70N4O8. The Kier molecular flexibility index (Phi) is 14.1. The van der Waals surface area contributed by atoms with Crippen molar-refractivity contribution in [2.45, 2.75) is 215 Å². The topological polar surface area (TPSA) is 163 Å². The minimum absolute atomic E-state index is 0.0824. The normalized spacial score (nSPS) is 29.3. The predicted molar refractivity (Wildman–Crippen MR) is 269 cm³/mol. The standard InChI is InChI=1S/C58H70N4O8/c63-51-23-3-1-4-24-52(64)68-48-20-12-8-16-36(48)56-40-28-27-39(59-40)55(35-15-7-11-19-47(35)67-51)43-31-33-45(61-43)57-37-17-9-13-21-49(37)69-53(65)25-5-2-6-26-54(66)70-50-22-14-10-18-38(50)58(42-30-29-41(57)60-42)46-34-32-44(56)62-46/h27-38,47-50,59,61H,1-26H2/t35-,36-,37-,38-,47-,48-,49-,50-/m0/s1. The monoisotopic (exact) mass is 951 g/mol. The van der Waals surface area contributed by atoms with Crippen molar-refractivity contribution in [2.75, 3.05) is 0 Å². The van der Waals surface area contributed by atoms with E-state index < -0.39 is 0 Å². The number of esters is 4. The van der Waals surface area contributed by atoms with Crippen LogP contribution in [0.1, 0.15) is 236 Å². The molecule has 4 saturated carbocycles. The molecule has 70 heavy (non-hydrogen) atoms. The maximum absolute atomic E-state index is 13.7. The third-order valence-electron chi connectivity index (χ3n) is 16.9. The second-order valence-corrected chi connectivity index (χ2v) is 21.5. The SMILES string of the molecule is O=C1CCCCCC(=O)O[C@H]2CCCC[C@@H]2c2c3nc(c(c4nc(c5c6ccc([nH]6)c(c6ccc2[nH]6)[C@H]2CCCC[C@@H]2OC(=O)CCCCCC(=O)O[C@H]2CCCC[C@H]52)C=C4)[C@H]2CCCC[C@@H]2O1)C=C3. The number of ether oxygens (including phenoxy) is 4. The van der Waals surface area contributed by atoms with E-state index in [1.165, 1.54) is 0 Å². The van der Waals surface area contributed by atoms with Crippen LogP contribution in [0.25, 0.3) is 46.4 Å². The van der Waals surface area contributed by atoms with Gasteiger partial charge in [-0.3, -0.25) is 19.2 Å². The van der Waals surface area contributed by atoms with Crippen LogP contribution in [0, 0.1) is 0 Å². The van der Waals surface area contributed by atoms with E-state index in [0.29, 0.717) is 51.4 Å². The molecule has 0 radical (unpaired) electrons. The van der Waals surface area contributed by atoms with Gasteiger partial charge in [-0.1, -0.05) is 38.5 Å². The molecule has 0 saturated heterocycles. The fraction of sp³-hybridized carbons (Fsp3) is 0.586. The van der Waals surface area contributed by atoms with Gasteiger partial charge in [0, 0.05) is 93.7 Å². The molecule has 7 heterocycles. The van der Waals surface area contributed by atoms with Crippen molar-refractivity contribution in [3.8, 4) is 0 Å². The number of fused-ring (bicyclic) bond motifs is 16. The van der Waals surface area contributed by atoms with Crippen molar-refractivity contribution >= 4 is 70.2 Å². The maximum atomic E-state index is 13.7. The van der Waals surface area contributed by atoms with Gasteiger partial charge in [0.2, 0.25) is 0 Å². The third kappa shape index (κ3) is 9.90. The van der Waals surface area contributed by atoms with E-state index in [2.05, 4.69) is 58.5 Å². The van der Waals surface area contributed by atoms with E-state index in [0.717, 1.165) is 183 Å². The molecule has 4 fully saturated rings. The van der Waals surface area contributed by atoms with Gasteiger partial charge in [-0.2, -0.15) is 0 Å². The lowest BCUT2D eigenvalue weighted by Gasteiger charge is -2.33. The van der Waals surface area contributed by atoms with Crippen molar-refractivity contribution in [1.29, 1.82) is 0 Å². The molecule has 12 nitrogen and oxygen atoms in total. The number of rotatable bonds is 0. The van der Waals surface area contributed by atoms with Gasteiger partial charge < -0.3 is 28.9 Å². The smallest absolute Gasteiger partial charge is 0.306 e. The van der Waals surface area contributed by atoms with E-state index in [-0.39, 0.29) is 72.0 Å². The zero-order chi connectivity index (χ0) is 47.6. The first kappa shape index (κ1) is 46.8. The Morgan fingerprint density at radius 2 is 0.600 bits per heavy atom. The summed E-state index contributed by atoms with van der Waals surface area (Å²) in [6.07, 6.45) is 27.0. The molecule has 11 rings (SSSR count). The lowest BCUT2D eigenvalue weighted by molar-refractivity contribution is -0.153. The number of carbonyl (C=O) groups is 4. The predicted octanol–water partition coefficient (Wildman–Crippen LogP) is 12.9. The van der Waals surface area contributed by atoms with Crippen LogP contribution in [-0.4, -0.2) is 68.2 Å². The lowest BCUT2D eigenvalue weighted by Crippen LogP contribution is -2.30. The first-order chi connectivity index (χ1) is 34.3. The second kappa shape index (κ2) is 21.1. The van der Waals surface area contributed by atoms with Crippen LogP contribution < -0.4 is 0 Å². The van der Waals surface area contributed by atoms with Gasteiger partial charge in [0.05, 0.1) is 22.8 Å². The number of nitrogens with one attached hydrogen (secondary N) is 2. The summed E-state index contributed by atoms with van der Waals surface area (Å²) < 4.78 is 25.9. The van der Waals surface area contributed by atoms with E-state index in [1.807, 2.05) is 0 Å². The Labute approximate surface area is 411 Å². The fourth-order valence-corrected chi connectivity index (χ4v) is 13.5. The summed E-state index contributed by atoms with van der Waals surface area (Å²) in [6, 6.07) is 8.70. The summed E-state index contributed by atoms with van der Waals surface area (Å²) in [6.45, 7) is 0. The summed E-state index contributed by atoms with van der Waals surface area (Å²) in [5, 5.41) is 0. The number of aromatic amines is 2. The summed E-state index contributed by atoms with van der Waals surface area (Å²) in [5.74, 6) is -1.21. The van der Waals surface area contributed by atoms with E-state index in [9.17, 15) is 19.2 Å². The van der Waals surface area contributed by atoms with Crippen LogP contribution in [0.15, 0.2) is 24.3 Å². The van der Waals surface area contributed by atoms with Crippen molar-refractivity contribution in [3.63, 3.8) is 0 Å². The Balaban J connectivity index is 1.22. The van der Waals surface area contributed by atoms with Crippen molar-refractivity contribution in [2.24, 2.45) is 0 Å². The minimum Gasteiger partial charge on any atom is -0.462 e. The van der Waals surface area contributed by atoms with Crippen LogP contribution >= 0.6 is 0 Å². The molecule has 0 unspecified atom stereocenters. The van der Waals surface area contributed by atoms with E-state index in [1.54, 1.807) is 0 Å². The Morgan fingerprint density at radius 3 is 0.943 bits per heavy atom. The van der Waals surface area contributed by atoms with Gasteiger partial charge in [0.15, 0.2) is 0 Å². The number of hydrogen-bond donors (Lipinski definition) is 2. The summed E-state index contributed by atoms with van der Waals surface area (Å²) in [5.41, 5.74) is 11.1. The number of hydrogen-bond acceptors (Lipinski definition) is 10. The Bertz CT molecular complexity index is 2680. The number of nitrogens with zero attached hydrogens (tertiary/aromatic N) is 2. The highest BCUT2D eigenvalue weighted by Gasteiger charge is 2.39. The van der Waals surface area contributed by atoms with Crippen molar-refractivity contribution < 1.29 is 38.1 Å². The first-order valence-electron chi connectivity index (χ1n) is 27.3. The highest BCUT2D eigenvalue weighted by atomic mass is 16.6. The van der Waals surface area contributed by atoms with Gasteiger partial charge in [-0.25, -0.2) is 9.97 Å². The highest BCUT2D eigenvalue weighted by molar-refractivity contribution is 5.85. The van der Waals surface area contributed by atoms with Crippen LogP contribution in [-0.2, 0) is 38.1 Å². The van der Waals surface area contributed by atoms with Gasteiger partial charge >= 0.3 is 23.9 Å². The number of carbonyl (C=O) groups excluding carboxylic acids is 4. The molecule has 0 amide bonds. The zero-order valence-electron chi connectivity index (χ0n) is 40.8. The van der Waals surface area contributed by atoms with Crippen molar-refractivity contribution in [1.82, 2.24) is 19.9 Å². The molecule has 0 spiro atoms. The largest absolute Gasteiger partial charge is 0.462 e. The highest BCUT2D eigenvalue weighted by Crippen LogP contribution is 2.46. The van der Waals surface area contributed by atoms with E-state index >= 15 is 0 Å². The molecular weight excluding hydrogens is 881 g/mol. The number of H-pyrrole nitrogens is 2. The van der Waals surface area contributed by atoms with Crippen molar-refractivity contribution in [3.05, 3.63) is 69.3 Å². The minimum atomic E-state index is -0.332. The van der Waals surface area contributed by atoms with Crippen LogP contribution in [0.3, 0.4) is 0 Å². The average Bonchev–Trinajstić information content (AvgIpc) is 4.21. The van der Waals surface area contributed by atoms with Gasteiger partial charge in [0.25, 0.3) is 0 Å². The van der Waals surface area contributed by atoms with Crippen LogP contribution in [0.5, 0.6) is 0 Å². The molecule has 370 valence electrons. The van der Waals surface area contributed by atoms with Gasteiger partial charge in [-0.15, -0.1) is 0 Å². The van der Waals surface area contributed by atoms with Gasteiger partial charge in [-0.05, 0) is 151 Å². The van der Waals surface area contributed by atoms with Crippen LogP contribution in [0.4, 0.5) is 0 Å². The molecule has 3 aromatic heterocycles. The molecule has 12 heteroatoms. The van der Waals surface area contributed by atoms with Gasteiger partial charge in [0.1, 0.15) is 24.4 Å². The Hall–Kier alpha value is -5.52. The molecule has 4 aliphatic carbocycles. The molecule has 4 aliphatic heterocycles. The number of aromatic nitrogens is 4. The Morgan fingerprint density at radius 1 is 0.329 bits per heavy atom. The first-order valence-corrected chi connectivity index (χ1v) is 27.3. The fourth-order valence-electron chi connectivity index (χ4n) is 13.5. The average molecular weight is 951 g/mol. The summed E-state index contributed by atoms with van der Waals surface area (Å²) in [4.78, 5) is 73.8. The molecule has 12 bridgehead atoms. The summed E-state index contributed by atoms with van der Waals surface area (Å²) >= 11 is 0. The molecule has 8 aliphatic rings. The molecule has 2 N–H and O–H groups in total. The molecule has 0 aromatic carbocycles. The molecule has 3 aromatic rings. The zero-order valence-corrected chi connectivity index (χ0v) is 40.8. The summed E-state index contributed by atoms with van der Waals surface area (Å²) in [7, 11) is 0. The lowest BCUT2D eigenvalue weighted by atomic mass is 9.80. The third-order valence-corrected chi connectivity index (χ3v) is 16.9. The quantitative estimate of drug-likeness (QED) is 0.113. The molecule has 8 atom stereocenters. The maximum Gasteiger partial charge on any atom is 0.306 e. The van der Waals surface area contributed by atoms with Crippen LogP contribution in [0.2, 0.25) is 0 Å². The van der Waals surface area contributed by atoms with E-state index in [4.69, 9.17) is 28.9 Å².